The number of hydrogen-bond acceptors (Lipinski definition) is 5. The lowest BCUT2D eigenvalue weighted by molar-refractivity contribution is -0.118. The third-order valence-corrected chi connectivity index (χ3v) is 4.33. The number of hydrogen-bond donors (Lipinski definition) is 4. The molecule has 0 saturated heterocycles. The van der Waals surface area contributed by atoms with E-state index in [-0.39, 0.29) is 18.5 Å². The highest BCUT2D eigenvalue weighted by Crippen LogP contribution is 2.16. The molecule has 10 heteroatoms. The molecule has 5 N–H and O–H groups in total. The van der Waals surface area contributed by atoms with Crippen molar-refractivity contribution in [1.82, 2.24) is 5.32 Å². The zero-order valence-electron chi connectivity index (χ0n) is 16.2. The maximum atomic E-state index is 12.3. The molecule has 0 unspecified atom stereocenters. The molecule has 0 radical (unpaired) electrons. The third kappa shape index (κ3) is 7.76. The first-order valence-corrected chi connectivity index (χ1v) is 10.8. The van der Waals surface area contributed by atoms with Crippen molar-refractivity contribution < 1.29 is 22.8 Å². The summed E-state index contributed by atoms with van der Waals surface area (Å²) in [5.74, 6) is -1.42. The van der Waals surface area contributed by atoms with E-state index in [1.54, 1.807) is 54.6 Å². The summed E-state index contributed by atoms with van der Waals surface area (Å²) in [6.07, 6.45) is 3.92. The maximum absolute atomic E-state index is 12.3. The largest absolute Gasteiger partial charge is 0.370 e. The van der Waals surface area contributed by atoms with E-state index in [0.29, 0.717) is 16.9 Å². The van der Waals surface area contributed by atoms with Gasteiger partial charge < -0.3 is 16.4 Å². The number of amides is 3. The predicted octanol–water partition coefficient (Wildman–Crippen LogP) is 1.32. The zero-order valence-corrected chi connectivity index (χ0v) is 17.0. The average Bonchev–Trinajstić information content (AvgIpc) is 2.66. The van der Waals surface area contributed by atoms with Crippen molar-refractivity contribution in [3.63, 3.8) is 0 Å². The second-order valence-electron chi connectivity index (χ2n) is 6.34. The van der Waals surface area contributed by atoms with Crippen molar-refractivity contribution in [2.75, 3.05) is 22.8 Å². The van der Waals surface area contributed by atoms with Crippen LogP contribution in [-0.4, -0.2) is 38.9 Å². The van der Waals surface area contributed by atoms with Crippen LogP contribution in [0.15, 0.2) is 54.6 Å². The van der Waals surface area contributed by atoms with Gasteiger partial charge in [0.1, 0.15) is 0 Å². The van der Waals surface area contributed by atoms with Crippen LogP contribution in [0.2, 0.25) is 0 Å². The van der Waals surface area contributed by atoms with E-state index in [4.69, 9.17) is 5.73 Å². The minimum atomic E-state index is -3.36. The SMILES string of the molecule is CS(=O)(=O)Nc1ccc(/C=C/C(=O)Nc2ccccc2C(=O)NCCC(N)=O)cc1. The smallest absolute Gasteiger partial charge is 0.253 e. The molecule has 2 rings (SSSR count). The van der Waals surface area contributed by atoms with Crippen molar-refractivity contribution in [1.29, 1.82) is 0 Å². The normalized spacial score (nSPS) is 11.1. The van der Waals surface area contributed by atoms with E-state index in [0.717, 1.165) is 6.26 Å². The van der Waals surface area contributed by atoms with Gasteiger partial charge in [-0.05, 0) is 35.9 Å². The molecule has 0 aliphatic heterocycles. The monoisotopic (exact) mass is 430 g/mol. The second-order valence-corrected chi connectivity index (χ2v) is 8.09. The molecule has 9 nitrogen and oxygen atoms in total. The molecule has 0 fully saturated rings. The Balaban J connectivity index is 2.01. The first-order valence-electron chi connectivity index (χ1n) is 8.86. The zero-order chi connectivity index (χ0) is 22.1. The van der Waals surface area contributed by atoms with E-state index < -0.39 is 27.7 Å². The summed E-state index contributed by atoms with van der Waals surface area (Å²) in [4.78, 5) is 35.3. The van der Waals surface area contributed by atoms with Gasteiger partial charge in [-0.25, -0.2) is 8.42 Å². The van der Waals surface area contributed by atoms with Gasteiger partial charge in [0.2, 0.25) is 21.8 Å². The number of sulfonamides is 1. The molecule has 2 aromatic carbocycles. The van der Waals surface area contributed by atoms with Crippen LogP contribution >= 0.6 is 0 Å². The highest BCUT2D eigenvalue weighted by atomic mass is 32.2. The van der Waals surface area contributed by atoms with Crippen LogP contribution in [0, 0.1) is 0 Å². The molecule has 0 bridgehead atoms. The lowest BCUT2D eigenvalue weighted by Gasteiger charge is -2.10. The molecule has 0 atom stereocenters. The molecule has 0 saturated carbocycles. The van der Waals surface area contributed by atoms with Gasteiger partial charge in [0.05, 0.1) is 17.5 Å². The predicted molar refractivity (Wildman–Crippen MR) is 115 cm³/mol. The molecule has 0 heterocycles. The van der Waals surface area contributed by atoms with E-state index in [1.165, 1.54) is 6.08 Å². The van der Waals surface area contributed by atoms with E-state index in [2.05, 4.69) is 15.4 Å². The van der Waals surface area contributed by atoms with E-state index in [9.17, 15) is 22.8 Å². The minimum Gasteiger partial charge on any atom is -0.370 e. The molecule has 0 aliphatic carbocycles. The quantitative estimate of drug-likeness (QED) is 0.443. The van der Waals surface area contributed by atoms with Crippen LogP contribution in [0.25, 0.3) is 6.08 Å². The number of nitrogens with two attached hydrogens (primary N) is 1. The summed E-state index contributed by atoms with van der Waals surface area (Å²) in [5.41, 5.74) is 6.71. The van der Waals surface area contributed by atoms with Gasteiger partial charge in [-0.3, -0.25) is 19.1 Å². The first-order chi connectivity index (χ1) is 14.1. The molecular weight excluding hydrogens is 408 g/mol. The molecule has 0 aromatic heterocycles. The van der Waals surface area contributed by atoms with Crippen LogP contribution in [0.3, 0.4) is 0 Å². The summed E-state index contributed by atoms with van der Waals surface area (Å²) in [7, 11) is -3.36. The Labute approximate surface area is 174 Å². The van der Waals surface area contributed by atoms with Crippen LogP contribution in [0.1, 0.15) is 22.3 Å². The number of primary amides is 1. The number of anilines is 2. The molecule has 0 spiro atoms. The molecular formula is C20H22N4O5S. The van der Waals surface area contributed by atoms with Gasteiger partial charge in [0.15, 0.2) is 0 Å². The van der Waals surface area contributed by atoms with Gasteiger partial charge in [0, 0.05) is 24.7 Å². The first kappa shape index (κ1) is 22.6. The summed E-state index contributed by atoms with van der Waals surface area (Å²) < 4.78 is 24.8. The Morgan fingerprint density at radius 1 is 1.03 bits per heavy atom. The number of nitrogens with one attached hydrogen (secondary N) is 3. The highest BCUT2D eigenvalue weighted by molar-refractivity contribution is 7.92. The van der Waals surface area contributed by atoms with E-state index >= 15 is 0 Å². The molecule has 30 heavy (non-hydrogen) atoms. The molecule has 2 aromatic rings. The number of benzene rings is 2. The van der Waals surface area contributed by atoms with Crippen LogP contribution in [-0.2, 0) is 19.6 Å². The van der Waals surface area contributed by atoms with Gasteiger partial charge in [-0.15, -0.1) is 0 Å². The fourth-order valence-electron chi connectivity index (χ4n) is 2.41. The van der Waals surface area contributed by atoms with Crippen molar-refractivity contribution in [3.8, 4) is 0 Å². The number of carbonyl (C=O) groups is 3. The summed E-state index contributed by atoms with van der Waals surface area (Å²) in [5, 5.41) is 5.20. The average molecular weight is 430 g/mol. The fraction of sp³-hybridized carbons (Fsp3) is 0.150. The molecule has 158 valence electrons. The van der Waals surface area contributed by atoms with Crippen LogP contribution in [0.4, 0.5) is 11.4 Å². The second kappa shape index (κ2) is 10.2. The lowest BCUT2D eigenvalue weighted by atomic mass is 10.1. The highest BCUT2D eigenvalue weighted by Gasteiger charge is 2.12. The van der Waals surface area contributed by atoms with Crippen LogP contribution < -0.4 is 21.1 Å². The Bertz CT molecular complexity index is 1060. The van der Waals surface area contributed by atoms with Crippen molar-refractivity contribution in [2.45, 2.75) is 6.42 Å². The third-order valence-electron chi connectivity index (χ3n) is 3.73. The Morgan fingerprint density at radius 2 is 1.70 bits per heavy atom. The van der Waals surface area contributed by atoms with Crippen LogP contribution in [0.5, 0.6) is 0 Å². The summed E-state index contributed by atoms with van der Waals surface area (Å²) in [6, 6.07) is 12.9. The number of rotatable bonds is 9. The molecule has 0 aliphatic rings. The number of carbonyl (C=O) groups excluding carboxylic acids is 3. The summed E-state index contributed by atoms with van der Waals surface area (Å²) >= 11 is 0. The lowest BCUT2D eigenvalue weighted by Crippen LogP contribution is -2.28. The molecule has 3 amide bonds. The Kier molecular flexibility index (Phi) is 7.70. The summed E-state index contributed by atoms with van der Waals surface area (Å²) in [6.45, 7) is 0.0978. The van der Waals surface area contributed by atoms with Crippen molar-refractivity contribution >= 4 is 45.2 Å². The maximum Gasteiger partial charge on any atom is 0.253 e. The minimum absolute atomic E-state index is 0.0154. The Morgan fingerprint density at radius 3 is 2.33 bits per heavy atom. The Hall–Kier alpha value is -3.66. The van der Waals surface area contributed by atoms with Gasteiger partial charge in [-0.2, -0.15) is 0 Å². The van der Waals surface area contributed by atoms with Gasteiger partial charge in [-0.1, -0.05) is 24.3 Å². The fourth-order valence-corrected chi connectivity index (χ4v) is 2.97. The van der Waals surface area contributed by atoms with Crippen molar-refractivity contribution in [3.05, 3.63) is 65.7 Å². The van der Waals surface area contributed by atoms with Gasteiger partial charge >= 0.3 is 0 Å². The number of para-hydroxylation sites is 1. The van der Waals surface area contributed by atoms with Crippen molar-refractivity contribution in [2.24, 2.45) is 5.73 Å². The standard InChI is InChI=1S/C20H22N4O5S/c1-30(28,29)24-15-9-6-14(7-10-15)8-11-19(26)23-17-5-3-2-4-16(17)20(27)22-13-12-18(21)25/h2-11,24H,12-13H2,1H3,(H2,21,25)(H,22,27)(H,23,26)/b11-8+. The topological polar surface area (TPSA) is 147 Å². The van der Waals surface area contributed by atoms with Gasteiger partial charge in [0.25, 0.3) is 5.91 Å². The van der Waals surface area contributed by atoms with E-state index in [1.807, 2.05) is 0 Å².